The van der Waals surface area contributed by atoms with Gasteiger partial charge in [0.1, 0.15) is 11.4 Å². The van der Waals surface area contributed by atoms with Crippen LogP contribution in [0, 0.1) is 0 Å². The van der Waals surface area contributed by atoms with Crippen molar-refractivity contribution in [1.29, 1.82) is 0 Å². The second kappa shape index (κ2) is 7.95. The van der Waals surface area contributed by atoms with Crippen molar-refractivity contribution in [2.75, 3.05) is 11.9 Å². The number of carboxylic acids is 1. The highest BCUT2D eigenvalue weighted by molar-refractivity contribution is 6.03. The predicted molar refractivity (Wildman–Crippen MR) is 86.0 cm³/mol. The van der Waals surface area contributed by atoms with Crippen LogP contribution < -0.4 is 11.1 Å². The van der Waals surface area contributed by atoms with E-state index in [1.54, 1.807) is 20.8 Å². The smallest absolute Gasteiger partial charge is 0.436 e. The average Bonchev–Trinajstić information content (AvgIpc) is 2.43. The summed E-state index contributed by atoms with van der Waals surface area (Å²) in [4.78, 5) is 36.8. The Kier molecular flexibility index (Phi) is 6.28. The summed E-state index contributed by atoms with van der Waals surface area (Å²) < 4.78 is 9.45. The number of ether oxygens (including phenoxy) is 2. The van der Waals surface area contributed by atoms with Crippen LogP contribution >= 0.6 is 0 Å². The number of hydrogen-bond donors (Lipinski definition) is 3. The molecule has 0 saturated carbocycles. The first-order valence-electron chi connectivity index (χ1n) is 6.90. The molecule has 130 valence electrons. The Morgan fingerprint density at radius 2 is 1.79 bits per heavy atom. The molecule has 1 aromatic rings. The van der Waals surface area contributed by atoms with Gasteiger partial charge in [0.2, 0.25) is 0 Å². The van der Waals surface area contributed by atoms with Crippen molar-refractivity contribution in [2.24, 2.45) is 10.7 Å². The van der Waals surface area contributed by atoms with E-state index in [2.05, 4.69) is 15.0 Å². The van der Waals surface area contributed by atoms with Crippen LogP contribution in [-0.2, 0) is 14.3 Å². The van der Waals surface area contributed by atoms with Crippen molar-refractivity contribution in [3.63, 3.8) is 0 Å². The monoisotopic (exact) mass is 337 g/mol. The lowest BCUT2D eigenvalue weighted by atomic mass is 10.2. The van der Waals surface area contributed by atoms with Gasteiger partial charge in [-0.15, -0.1) is 0 Å². The van der Waals surface area contributed by atoms with Gasteiger partial charge in [-0.1, -0.05) is 0 Å². The molecule has 1 aromatic carbocycles. The molecule has 0 unspecified atom stereocenters. The van der Waals surface area contributed by atoms with E-state index in [-0.39, 0.29) is 5.84 Å². The molecule has 9 nitrogen and oxygen atoms in total. The molecule has 0 atom stereocenters. The molecular weight excluding hydrogens is 318 g/mol. The SMILES string of the molecule is CC(C)(C)OC(=O)N=C(N)c1ccc(NC(=O)OCC(=O)O)cc1. The average molecular weight is 337 g/mol. The molecule has 0 aromatic heterocycles. The van der Waals surface area contributed by atoms with E-state index in [0.717, 1.165) is 0 Å². The van der Waals surface area contributed by atoms with E-state index in [9.17, 15) is 14.4 Å². The molecule has 9 heteroatoms. The van der Waals surface area contributed by atoms with Gasteiger partial charge in [0, 0.05) is 11.3 Å². The second-order valence-corrected chi connectivity index (χ2v) is 5.65. The number of aliphatic imine (C=N–C) groups is 1. The van der Waals surface area contributed by atoms with Gasteiger partial charge in [-0.05, 0) is 45.0 Å². The lowest BCUT2D eigenvalue weighted by Crippen LogP contribution is -2.24. The fourth-order valence-corrected chi connectivity index (χ4v) is 1.45. The Morgan fingerprint density at radius 1 is 1.21 bits per heavy atom. The number of nitrogens with two attached hydrogens (primary N) is 1. The Bertz CT molecular complexity index is 646. The molecule has 2 amide bonds. The number of nitrogens with zero attached hydrogens (tertiary/aromatic N) is 1. The number of carbonyl (C=O) groups is 3. The van der Waals surface area contributed by atoms with Gasteiger partial charge in [0.05, 0.1) is 0 Å². The van der Waals surface area contributed by atoms with Crippen molar-refractivity contribution >= 4 is 29.7 Å². The minimum Gasteiger partial charge on any atom is -0.479 e. The second-order valence-electron chi connectivity index (χ2n) is 5.65. The summed E-state index contributed by atoms with van der Waals surface area (Å²) in [6.07, 6.45) is -1.71. The van der Waals surface area contributed by atoms with Crippen LogP contribution in [0.15, 0.2) is 29.3 Å². The van der Waals surface area contributed by atoms with Crippen LogP contribution in [0.5, 0.6) is 0 Å². The highest BCUT2D eigenvalue weighted by Gasteiger charge is 2.16. The number of amides is 2. The maximum Gasteiger partial charge on any atom is 0.436 e. The highest BCUT2D eigenvalue weighted by Crippen LogP contribution is 2.11. The Balaban J connectivity index is 2.68. The fourth-order valence-electron chi connectivity index (χ4n) is 1.45. The van der Waals surface area contributed by atoms with Gasteiger partial charge in [0.25, 0.3) is 0 Å². The molecular formula is C15H19N3O6. The number of amidine groups is 1. The van der Waals surface area contributed by atoms with Gasteiger partial charge in [-0.25, -0.2) is 14.4 Å². The first-order chi connectivity index (χ1) is 11.1. The number of carboxylic acid groups (broad SMARTS) is 1. The van der Waals surface area contributed by atoms with E-state index < -0.39 is 30.4 Å². The molecule has 4 N–H and O–H groups in total. The first-order valence-corrected chi connectivity index (χ1v) is 6.90. The molecule has 24 heavy (non-hydrogen) atoms. The summed E-state index contributed by atoms with van der Waals surface area (Å²) in [6, 6.07) is 6.04. The molecule has 1 rings (SSSR count). The highest BCUT2D eigenvalue weighted by atomic mass is 16.6. The number of rotatable bonds is 4. The third kappa shape index (κ3) is 7.25. The molecule has 0 spiro atoms. The van der Waals surface area contributed by atoms with Gasteiger partial charge < -0.3 is 20.3 Å². The third-order valence-corrected chi connectivity index (χ3v) is 2.36. The number of anilines is 1. The van der Waals surface area contributed by atoms with Gasteiger partial charge in [-0.3, -0.25) is 5.32 Å². The molecule has 0 bridgehead atoms. The van der Waals surface area contributed by atoms with Gasteiger partial charge >= 0.3 is 18.2 Å². The molecule has 0 radical (unpaired) electrons. The van der Waals surface area contributed by atoms with E-state index in [4.69, 9.17) is 15.6 Å². The summed E-state index contributed by atoms with van der Waals surface area (Å²) in [7, 11) is 0. The summed E-state index contributed by atoms with van der Waals surface area (Å²) in [5.41, 5.74) is 5.85. The van der Waals surface area contributed by atoms with Crippen molar-refractivity contribution in [3.05, 3.63) is 29.8 Å². The Hall–Kier alpha value is -3.10. The standard InChI is InChI=1S/C15H19N3O6/c1-15(2,3)24-14(22)18-12(16)9-4-6-10(7-5-9)17-13(21)23-8-11(19)20/h4-7H,8H2,1-3H3,(H,17,21)(H,19,20)(H2,16,18,22). The van der Waals surface area contributed by atoms with Crippen molar-refractivity contribution < 1.29 is 29.0 Å². The van der Waals surface area contributed by atoms with Crippen LogP contribution in [0.1, 0.15) is 26.3 Å². The zero-order valence-electron chi connectivity index (χ0n) is 13.5. The largest absolute Gasteiger partial charge is 0.479 e. The quantitative estimate of drug-likeness (QED) is 0.563. The van der Waals surface area contributed by atoms with Gasteiger partial charge in [0.15, 0.2) is 6.61 Å². The van der Waals surface area contributed by atoms with Crippen LogP contribution in [0.4, 0.5) is 15.3 Å². The number of benzene rings is 1. The predicted octanol–water partition coefficient (Wildman–Crippen LogP) is 1.96. The van der Waals surface area contributed by atoms with Crippen molar-refractivity contribution in [1.82, 2.24) is 0 Å². The third-order valence-electron chi connectivity index (χ3n) is 2.36. The molecule has 0 fully saturated rings. The van der Waals surface area contributed by atoms with Crippen molar-refractivity contribution in [2.45, 2.75) is 26.4 Å². The molecule has 0 aliphatic carbocycles. The lowest BCUT2D eigenvalue weighted by molar-refractivity contribution is -0.140. The maximum absolute atomic E-state index is 11.6. The number of hydrogen-bond acceptors (Lipinski definition) is 5. The van der Waals surface area contributed by atoms with Gasteiger partial charge in [-0.2, -0.15) is 4.99 Å². The fraction of sp³-hybridized carbons (Fsp3) is 0.333. The minimum atomic E-state index is -1.26. The van der Waals surface area contributed by atoms with E-state index in [0.29, 0.717) is 11.3 Å². The zero-order chi connectivity index (χ0) is 18.3. The van der Waals surface area contributed by atoms with Crippen molar-refractivity contribution in [3.8, 4) is 0 Å². The van der Waals surface area contributed by atoms with Crippen LogP contribution in [0.3, 0.4) is 0 Å². The van der Waals surface area contributed by atoms with Crippen LogP contribution in [0.25, 0.3) is 0 Å². The molecule has 0 aliphatic heterocycles. The van der Waals surface area contributed by atoms with Crippen LogP contribution in [-0.4, -0.2) is 41.3 Å². The normalized spacial score (nSPS) is 11.5. The first kappa shape index (κ1) is 18.9. The van der Waals surface area contributed by atoms with E-state index in [1.807, 2.05) is 0 Å². The van der Waals surface area contributed by atoms with Crippen LogP contribution in [0.2, 0.25) is 0 Å². The molecule has 0 aliphatic rings. The van der Waals surface area contributed by atoms with E-state index in [1.165, 1.54) is 24.3 Å². The summed E-state index contributed by atoms with van der Waals surface area (Å²) >= 11 is 0. The number of nitrogens with one attached hydrogen (secondary N) is 1. The Morgan fingerprint density at radius 3 is 2.29 bits per heavy atom. The summed E-state index contributed by atoms with van der Waals surface area (Å²) in [5, 5.41) is 10.7. The molecule has 0 saturated heterocycles. The summed E-state index contributed by atoms with van der Waals surface area (Å²) in [6.45, 7) is 4.39. The lowest BCUT2D eigenvalue weighted by Gasteiger charge is -2.17. The maximum atomic E-state index is 11.6. The Labute approximate surface area is 138 Å². The number of carbonyl (C=O) groups excluding carboxylic acids is 2. The summed E-state index contributed by atoms with van der Waals surface area (Å²) in [5.74, 6) is -1.30. The van der Waals surface area contributed by atoms with E-state index >= 15 is 0 Å². The topological polar surface area (TPSA) is 140 Å². The zero-order valence-corrected chi connectivity index (χ0v) is 13.5. The minimum absolute atomic E-state index is 0.0377. The molecule has 0 heterocycles. The number of aliphatic carboxylic acids is 1.